The number of halogens is 2. The summed E-state index contributed by atoms with van der Waals surface area (Å²) in [4.78, 5) is 23.2. The van der Waals surface area contributed by atoms with E-state index in [1.165, 1.54) is 0 Å². The van der Waals surface area contributed by atoms with Gasteiger partial charge < -0.3 is 10.4 Å². The quantitative estimate of drug-likeness (QED) is 0.897. The van der Waals surface area contributed by atoms with Crippen molar-refractivity contribution in [2.75, 3.05) is 0 Å². The summed E-state index contributed by atoms with van der Waals surface area (Å²) in [6.45, 7) is -0.148. The monoisotopic (exact) mass is 297 g/mol. The van der Waals surface area contributed by atoms with Gasteiger partial charge in [-0.2, -0.15) is 0 Å². The number of benzene rings is 1. The molecule has 0 spiro atoms. The van der Waals surface area contributed by atoms with Crippen molar-refractivity contribution in [3.63, 3.8) is 0 Å². The summed E-state index contributed by atoms with van der Waals surface area (Å²) in [7, 11) is 0. The highest BCUT2D eigenvalue weighted by molar-refractivity contribution is 5.84. The van der Waals surface area contributed by atoms with Gasteiger partial charge >= 0.3 is 5.97 Å². The maximum Gasteiger partial charge on any atom is 0.307 e. The average Bonchev–Trinajstić information content (AvgIpc) is 2.47. The molecule has 2 rings (SSSR count). The highest BCUT2D eigenvalue weighted by atomic mass is 19.1. The van der Waals surface area contributed by atoms with Crippen LogP contribution in [0.1, 0.15) is 31.2 Å². The Bertz CT molecular complexity index is 548. The Balaban J connectivity index is 2.00. The van der Waals surface area contributed by atoms with Crippen LogP contribution in [0, 0.1) is 23.5 Å². The molecule has 1 aliphatic rings. The van der Waals surface area contributed by atoms with Crippen LogP contribution in [0.5, 0.6) is 0 Å². The molecule has 6 heteroatoms. The van der Waals surface area contributed by atoms with Gasteiger partial charge in [-0.1, -0.05) is 12.8 Å². The van der Waals surface area contributed by atoms with Crippen LogP contribution in [0.25, 0.3) is 0 Å². The van der Waals surface area contributed by atoms with Crippen molar-refractivity contribution >= 4 is 11.9 Å². The number of carbonyl (C=O) groups excluding carboxylic acids is 1. The molecule has 0 heterocycles. The highest BCUT2D eigenvalue weighted by Crippen LogP contribution is 2.30. The summed E-state index contributed by atoms with van der Waals surface area (Å²) in [5, 5.41) is 11.6. The first-order valence-corrected chi connectivity index (χ1v) is 6.93. The van der Waals surface area contributed by atoms with Gasteiger partial charge in [0.15, 0.2) is 0 Å². The van der Waals surface area contributed by atoms with Crippen molar-refractivity contribution in [3.8, 4) is 0 Å². The van der Waals surface area contributed by atoms with E-state index in [4.69, 9.17) is 5.11 Å². The van der Waals surface area contributed by atoms with Gasteiger partial charge in [-0.25, -0.2) is 8.78 Å². The van der Waals surface area contributed by atoms with E-state index in [0.717, 1.165) is 31.0 Å². The Labute approximate surface area is 121 Å². The van der Waals surface area contributed by atoms with Gasteiger partial charge in [0.2, 0.25) is 5.91 Å². The molecule has 1 aromatic rings. The van der Waals surface area contributed by atoms with Gasteiger partial charge in [0.25, 0.3) is 0 Å². The second-order valence-electron chi connectivity index (χ2n) is 5.29. The first-order chi connectivity index (χ1) is 9.99. The van der Waals surface area contributed by atoms with Crippen molar-refractivity contribution in [1.82, 2.24) is 5.32 Å². The molecular weight excluding hydrogens is 280 g/mol. The first kappa shape index (κ1) is 15.4. The van der Waals surface area contributed by atoms with Crippen LogP contribution in [-0.4, -0.2) is 17.0 Å². The number of amides is 1. The Morgan fingerprint density at radius 1 is 1.19 bits per heavy atom. The average molecular weight is 297 g/mol. The molecule has 1 saturated carbocycles. The zero-order valence-electron chi connectivity index (χ0n) is 11.4. The SMILES string of the molecule is O=C(O)[C@H]1CCCC[C@@H]1C(=O)NCc1cc(F)ccc1F. The van der Waals surface area contributed by atoms with Crippen LogP contribution in [0.15, 0.2) is 18.2 Å². The molecule has 1 aromatic carbocycles. The summed E-state index contributed by atoms with van der Waals surface area (Å²) >= 11 is 0. The zero-order chi connectivity index (χ0) is 15.4. The number of carboxylic acids is 1. The van der Waals surface area contributed by atoms with Gasteiger partial charge in [-0.05, 0) is 31.0 Å². The lowest BCUT2D eigenvalue weighted by Crippen LogP contribution is -2.39. The minimum absolute atomic E-state index is 0.0473. The third kappa shape index (κ3) is 3.77. The molecule has 4 nitrogen and oxygen atoms in total. The molecule has 114 valence electrons. The molecule has 1 amide bonds. The Morgan fingerprint density at radius 2 is 1.86 bits per heavy atom. The molecule has 1 aliphatic carbocycles. The van der Waals surface area contributed by atoms with Crippen LogP contribution < -0.4 is 5.32 Å². The van der Waals surface area contributed by atoms with E-state index >= 15 is 0 Å². The van der Waals surface area contributed by atoms with Gasteiger partial charge in [-0.15, -0.1) is 0 Å². The fourth-order valence-corrected chi connectivity index (χ4v) is 2.73. The van der Waals surface area contributed by atoms with Crippen molar-refractivity contribution in [2.45, 2.75) is 32.2 Å². The number of carboxylic acid groups (broad SMARTS) is 1. The lowest BCUT2D eigenvalue weighted by atomic mass is 9.78. The van der Waals surface area contributed by atoms with Gasteiger partial charge in [0.05, 0.1) is 11.8 Å². The van der Waals surface area contributed by atoms with Crippen LogP contribution in [0.3, 0.4) is 0 Å². The molecular formula is C15H17F2NO3. The lowest BCUT2D eigenvalue weighted by molar-refractivity contribution is -0.148. The zero-order valence-corrected chi connectivity index (χ0v) is 11.4. The smallest absolute Gasteiger partial charge is 0.307 e. The third-order valence-corrected chi connectivity index (χ3v) is 3.88. The molecule has 0 aliphatic heterocycles. The second-order valence-corrected chi connectivity index (χ2v) is 5.29. The Kier molecular flexibility index (Phi) is 4.88. The van der Waals surface area contributed by atoms with Crippen LogP contribution in [-0.2, 0) is 16.1 Å². The number of hydrogen-bond acceptors (Lipinski definition) is 2. The number of hydrogen-bond donors (Lipinski definition) is 2. The molecule has 2 atom stereocenters. The van der Waals surface area contributed by atoms with E-state index in [0.29, 0.717) is 12.8 Å². The number of carbonyl (C=O) groups is 2. The van der Waals surface area contributed by atoms with Crippen LogP contribution >= 0.6 is 0 Å². The maximum atomic E-state index is 13.5. The minimum atomic E-state index is -0.980. The fraction of sp³-hybridized carbons (Fsp3) is 0.467. The number of nitrogens with one attached hydrogen (secondary N) is 1. The molecule has 0 unspecified atom stereocenters. The Morgan fingerprint density at radius 3 is 2.52 bits per heavy atom. The van der Waals surface area contributed by atoms with Crippen LogP contribution in [0.2, 0.25) is 0 Å². The summed E-state index contributed by atoms with van der Waals surface area (Å²) in [5.41, 5.74) is 0.0473. The predicted octanol–water partition coefficient (Wildman–Crippen LogP) is 2.47. The van der Waals surface area contributed by atoms with Gasteiger partial charge in [0, 0.05) is 12.1 Å². The molecule has 21 heavy (non-hydrogen) atoms. The van der Waals surface area contributed by atoms with E-state index in [9.17, 15) is 18.4 Å². The normalized spacial score (nSPS) is 21.8. The Hall–Kier alpha value is -1.98. The van der Waals surface area contributed by atoms with Gasteiger partial charge in [-0.3, -0.25) is 9.59 Å². The largest absolute Gasteiger partial charge is 0.481 e. The molecule has 0 saturated heterocycles. The fourth-order valence-electron chi connectivity index (χ4n) is 2.73. The van der Waals surface area contributed by atoms with Crippen molar-refractivity contribution in [1.29, 1.82) is 0 Å². The maximum absolute atomic E-state index is 13.5. The molecule has 2 N–H and O–H groups in total. The molecule has 1 fully saturated rings. The van der Waals surface area contributed by atoms with E-state index in [1.807, 2.05) is 0 Å². The summed E-state index contributed by atoms with van der Waals surface area (Å²) < 4.78 is 26.5. The number of aliphatic carboxylic acids is 1. The summed E-state index contributed by atoms with van der Waals surface area (Å²) in [5.74, 6) is -3.88. The first-order valence-electron chi connectivity index (χ1n) is 6.93. The predicted molar refractivity (Wildman–Crippen MR) is 71.3 cm³/mol. The van der Waals surface area contributed by atoms with E-state index in [1.54, 1.807) is 0 Å². The lowest BCUT2D eigenvalue weighted by Gasteiger charge is -2.27. The van der Waals surface area contributed by atoms with Crippen molar-refractivity contribution < 1.29 is 23.5 Å². The van der Waals surface area contributed by atoms with E-state index < -0.39 is 35.3 Å². The standard InChI is InChI=1S/C15H17F2NO3/c16-10-5-6-13(17)9(7-10)8-18-14(19)11-3-1-2-4-12(11)15(20)21/h5-7,11-12H,1-4,8H2,(H,18,19)(H,20,21)/t11-,12-/m0/s1. The van der Waals surface area contributed by atoms with E-state index in [-0.39, 0.29) is 12.1 Å². The van der Waals surface area contributed by atoms with E-state index in [2.05, 4.69) is 5.32 Å². The third-order valence-electron chi connectivity index (χ3n) is 3.88. The summed E-state index contributed by atoms with van der Waals surface area (Å²) in [6.07, 6.45) is 2.58. The second kappa shape index (κ2) is 6.65. The van der Waals surface area contributed by atoms with Gasteiger partial charge in [0.1, 0.15) is 11.6 Å². The number of rotatable bonds is 4. The molecule has 0 bridgehead atoms. The molecule has 0 radical (unpaired) electrons. The van der Waals surface area contributed by atoms with Crippen molar-refractivity contribution in [2.24, 2.45) is 11.8 Å². The van der Waals surface area contributed by atoms with Crippen molar-refractivity contribution in [3.05, 3.63) is 35.4 Å². The topological polar surface area (TPSA) is 66.4 Å². The molecule has 0 aromatic heterocycles. The summed E-state index contributed by atoms with van der Waals surface area (Å²) in [6, 6.07) is 3.02. The minimum Gasteiger partial charge on any atom is -0.481 e. The van der Waals surface area contributed by atoms with Crippen LogP contribution in [0.4, 0.5) is 8.78 Å². The highest BCUT2D eigenvalue weighted by Gasteiger charge is 2.35.